The van der Waals surface area contributed by atoms with Gasteiger partial charge in [0.25, 0.3) is 5.56 Å². The fourth-order valence-corrected chi connectivity index (χ4v) is 2.13. The van der Waals surface area contributed by atoms with Crippen LogP contribution >= 0.6 is 0 Å². The number of aromatic amines is 1. The molecule has 6 heteroatoms. The number of amides is 1. The first-order chi connectivity index (χ1) is 10.0. The van der Waals surface area contributed by atoms with Crippen molar-refractivity contribution in [2.24, 2.45) is 0 Å². The van der Waals surface area contributed by atoms with E-state index in [4.69, 9.17) is 0 Å². The first-order valence-electron chi connectivity index (χ1n) is 7.04. The van der Waals surface area contributed by atoms with Gasteiger partial charge >= 0.3 is 5.69 Å². The molecule has 21 heavy (non-hydrogen) atoms. The van der Waals surface area contributed by atoms with Gasteiger partial charge in [-0.15, -0.1) is 0 Å². The molecule has 0 fully saturated rings. The maximum absolute atomic E-state index is 11.9. The van der Waals surface area contributed by atoms with Gasteiger partial charge in [0.2, 0.25) is 5.91 Å². The van der Waals surface area contributed by atoms with Crippen molar-refractivity contribution in [3.63, 3.8) is 0 Å². The predicted molar refractivity (Wildman–Crippen MR) is 81.3 cm³/mol. The van der Waals surface area contributed by atoms with Crippen molar-refractivity contribution in [2.45, 2.75) is 39.3 Å². The molecule has 1 amide bonds. The second-order valence-electron chi connectivity index (χ2n) is 5.05. The molecule has 1 aromatic heterocycles. The number of para-hydroxylation sites is 1. The SMILES string of the molecule is CCC(C)NC(=O)CCn1c(=O)[nH]c(=O)c2ccccc21. The van der Waals surface area contributed by atoms with Crippen molar-refractivity contribution in [1.82, 2.24) is 14.9 Å². The van der Waals surface area contributed by atoms with E-state index in [9.17, 15) is 14.4 Å². The van der Waals surface area contributed by atoms with Crippen LogP contribution in [-0.4, -0.2) is 21.5 Å². The summed E-state index contributed by atoms with van der Waals surface area (Å²) in [7, 11) is 0. The molecule has 6 nitrogen and oxygen atoms in total. The summed E-state index contributed by atoms with van der Waals surface area (Å²) < 4.78 is 1.42. The highest BCUT2D eigenvalue weighted by atomic mass is 16.2. The van der Waals surface area contributed by atoms with Gasteiger partial charge in [-0.25, -0.2) is 4.79 Å². The molecule has 0 aliphatic carbocycles. The summed E-state index contributed by atoms with van der Waals surface area (Å²) in [6, 6.07) is 6.97. The van der Waals surface area contributed by atoms with Gasteiger partial charge < -0.3 is 5.32 Å². The second-order valence-corrected chi connectivity index (χ2v) is 5.05. The minimum Gasteiger partial charge on any atom is -0.354 e. The van der Waals surface area contributed by atoms with E-state index in [1.165, 1.54) is 4.57 Å². The normalized spacial score (nSPS) is 12.3. The number of H-pyrrole nitrogens is 1. The largest absolute Gasteiger partial charge is 0.354 e. The van der Waals surface area contributed by atoms with Crippen molar-refractivity contribution in [1.29, 1.82) is 0 Å². The number of nitrogens with one attached hydrogen (secondary N) is 2. The highest BCUT2D eigenvalue weighted by Crippen LogP contribution is 2.07. The van der Waals surface area contributed by atoms with E-state index in [-0.39, 0.29) is 24.9 Å². The molecule has 0 aliphatic heterocycles. The molecule has 0 bridgehead atoms. The minimum absolute atomic E-state index is 0.105. The van der Waals surface area contributed by atoms with Crippen molar-refractivity contribution >= 4 is 16.8 Å². The molecule has 0 spiro atoms. The molecule has 1 heterocycles. The molecule has 1 aromatic carbocycles. The zero-order valence-corrected chi connectivity index (χ0v) is 12.2. The van der Waals surface area contributed by atoms with Crippen LogP contribution < -0.4 is 16.6 Å². The third-order valence-corrected chi connectivity index (χ3v) is 3.49. The standard InChI is InChI=1S/C15H19N3O3/c1-3-10(2)16-13(19)8-9-18-12-7-5-4-6-11(12)14(20)17-15(18)21/h4-7,10H,3,8-9H2,1-2H3,(H,16,19)(H,17,20,21). The molecule has 112 valence electrons. The van der Waals surface area contributed by atoms with E-state index in [0.717, 1.165) is 6.42 Å². The molecule has 2 N–H and O–H groups in total. The summed E-state index contributed by atoms with van der Waals surface area (Å²) in [5, 5.41) is 3.30. The lowest BCUT2D eigenvalue weighted by Gasteiger charge is -2.12. The summed E-state index contributed by atoms with van der Waals surface area (Å²) in [5.41, 5.74) is -0.353. The Bertz CT molecular complexity index is 761. The zero-order valence-electron chi connectivity index (χ0n) is 12.2. The fraction of sp³-hybridized carbons (Fsp3) is 0.400. The molecule has 0 aliphatic rings. The van der Waals surface area contributed by atoms with Gasteiger partial charge in [-0.3, -0.25) is 19.1 Å². The van der Waals surface area contributed by atoms with Crippen molar-refractivity contribution in [3.05, 3.63) is 45.1 Å². The lowest BCUT2D eigenvalue weighted by molar-refractivity contribution is -0.121. The van der Waals surface area contributed by atoms with Crippen molar-refractivity contribution < 1.29 is 4.79 Å². The van der Waals surface area contributed by atoms with E-state index in [2.05, 4.69) is 10.3 Å². The molecule has 1 atom stereocenters. The molecule has 1 unspecified atom stereocenters. The molecule has 0 saturated heterocycles. The van der Waals surface area contributed by atoms with Gasteiger partial charge in [-0.2, -0.15) is 0 Å². The van der Waals surface area contributed by atoms with Crippen LogP contribution in [0.2, 0.25) is 0 Å². The van der Waals surface area contributed by atoms with Crippen LogP contribution in [0.15, 0.2) is 33.9 Å². The summed E-state index contributed by atoms with van der Waals surface area (Å²) in [6.07, 6.45) is 1.05. The molecule has 0 saturated carbocycles. The van der Waals surface area contributed by atoms with E-state index in [1.807, 2.05) is 13.8 Å². The van der Waals surface area contributed by atoms with E-state index in [1.54, 1.807) is 24.3 Å². The number of aryl methyl sites for hydroxylation is 1. The minimum atomic E-state index is -0.491. The predicted octanol–water partition coefficient (Wildman–Crippen LogP) is 0.995. The van der Waals surface area contributed by atoms with E-state index >= 15 is 0 Å². The third-order valence-electron chi connectivity index (χ3n) is 3.49. The lowest BCUT2D eigenvalue weighted by Crippen LogP contribution is -2.35. The fourth-order valence-electron chi connectivity index (χ4n) is 2.13. The summed E-state index contributed by atoms with van der Waals surface area (Å²) in [4.78, 5) is 37.7. The molecular formula is C15H19N3O3. The summed E-state index contributed by atoms with van der Waals surface area (Å²) in [5.74, 6) is -0.105. The maximum Gasteiger partial charge on any atom is 0.328 e. The third kappa shape index (κ3) is 3.39. The Balaban J connectivity index is 2.25. The number of hydrogen-bond donors (Lipinski definition) is 2. The highest BCUT2D eigenvalue weighted by Gasteiger charge is 2.10. The Labute approximate surface area is 121 Å². The molecule has 2 rings (SSSR count). The van der Waals surface area contributed by atoms with Crippen LogP contribution in [-0.2, 0) is 11.3 Å². The van der Waals surface area contributed by atoms with Gasteiger partial charge in [-0.1, -0.05) is 19.1 Å². The zero-order chi connectivity index (χ0) is 15.4. The van der Waals surface area contributed by atoms with Crippen molar-refractivity contribution in [3.8, 4) is 0 Å². The van der Waals surface area contributed by atoms with E-state index < -0.39 is 11.2 Å². The number of aromatic nitrogens is 2. The molecular weight excluding hydrogens is 270 g/mol. The van der Waals surface area contributed by atoms with Gasteiger partial charge in [0.15, 0.2) is 0 Å². The number of fused-ring (bicyclic) bond motifs is 1. The Kier molecular flexibility index (Phi) is 4.57. The monoisotopic (exact) mass is 289 g/mol. The second kappa shape index (κ2) is 6.39. The highest BCUT2D eigenvalue weighted by molar-refractivity contribution is 5.78. The van der Waals surface area contributed by atoms with Crippen molar-refractivity contribution in [2.75, 3.05) is 0 Å². The first kappa shape index (κ1) is 15.0. The average Bonchev–Trinajstić information content (AvgIpc) is 2.46. The molecule has 2 aromatic rings. The van der Waals surface area contributed by atoms with Crippen LogP contribution in [0.25, 0.3) is 10.9 Å². The Hall–Kier alpha value is -2.37. The van der Waals surface area contributed by atoms with E-state index in [0.29, 0.717) is 10.9 Å². The smallest absolute Gasteiger partial charge is 0.328 e. The Morgan fingerprint density at radius 1 is 1.33 bits per heavy atom. The first-order valence-corrected chi connectivity index (χ1v) is 7.04. The van der Waals surface area contributed by atoms with Gasteiger partial charge in [0, 0.05) is 19.0 Å². The Morgan fingerprint density at radius 3 is 2.76 bits per heavy atom. The number of hydrogen-bond acceptors (Lipinski definition) is 3. The van der Waals surface area contributed by atoms with Gasteiger partial charge in [0.1, 0.15) is 0 Å². The van der Waals surface area contributed by atoms with Crippen LogP contribution in [0.1, 0.15) is 26.7 Å². The van der Waals surface area contributed by atoms with Crippen LogP contribution in [0.4, 0.5) is 0 Å². The number of nitrogens with zero attached hydrogens (tertiary/aromatic N) is 1. The van der Waals surface area contributed by atoms with Crippen LogP contribution in [0.5, 0.6) is 0 Å². The number of carbonyl (C=O) groups is 1. The number of benzene rings is 1. The van der Waals surface area contributed by atoms with Gasteiger partial charge in [0.05, 0.1) is 10.9 Å². The maximum atomic E-state index is 11.9. The van der Waals surface area contributed by atoms with Gasteiger partial charge in [-0.05, 0) is 25.5 Å². The lowest BCUT2D eigenvalue weighted by atomic mass is 10.2. The Morgan fingerprint density at radius 2 is 2.05 bits per heavy atom. The average molecular weight is 289 g/mol. The number of carbonyl (C=O) groups excluding carboxylic acids is 1. The molecule has 0 radical (unpaired) electrons. The summed E-state index contributed by atoms with van der Waals surface area (Å²) >= 11 is 0. The van der Waals surface area contributed by atoms with Crippen LogP contribution in [0.3, 0.4) is 0 Å². The number of rotatable bonds is 5. The quantitative estimate of drug-likeness (QED) is 0.861. The topological polar surface area (TPSA) is 84.0 Å². The summed E-state index contributed by atoms with van der Waals surface area (Å²) in [6.45, 7) is 4.16. The van der Waals surface area contributed by atoms with Crippen LogP contribution in [0, 0.1) is 0 Å².